The molecule has 0 bridgehead atoms. The Morgan fingerprint density at radius 1 is 1.47 bits per heavy atom. The number of carbonyl (C=O) groups excluding carboxylic acids is 2. The van der Waals surface area contributed by atoms with Crippen LogP contribution in [0.25, 0.3) is 0 Å². The van der Waals surface area contributed by atoms with Crippen LogP contribution in [0.15, 0.2) is 4.99 Å². The number of hydrogen-bond acceptors (Lipinski definition) is 5. The maximum absolute atomic E-state index is 12.0. The number of morpholine rings is 1. The van der Waals surface area contributed by atoms with Gasteiger partial charge in [-0.25, -0.2) is 9.59 Å². The second-order valence-corrected chi connectivity index (χ2v) is 6.09. The summed E-state index contributed by atoms with van der Waals surface area (Å²) in [6, 6.07) is 0. The van der Waals surface area contributed by atoms with Crippen LogP contribution in [0.3, 0.4) is 0 Å². The molecule has 2 rings (SSSR count). The largest absolute Gasteiger partial charge is 0.444 e. The molecule has 1 heterocycles. The fourth-order valence-corrected chi connectivity index (χ4v) is 2.19. The van der Waals surface area contributed by atoms with Crippen molar-refractivity contribution in [3.8, 4) is 0 Å². The van der Waals surface area contributed by atoms with E-state index in [1.54, 1.807) is 11.0 Å². The molecule has 1 amide bonds. The second-order valence-electron chi connectivity index (χ2n) is 6.09. The minimum absolute atomic E-state index is 0.227. The standard InChI is InChI=1S/C13H20N2O4/c1-12(2,3)19-11(17)15-6-7-18-10(8-15)13(4-5-13)14-9-16/h10H,4-8H2,1-3H3. The van der Waals surface area contributed by atoms with Crippen LogP contribution in [-0.2, 0) is 14.3 Å². The summed E-state index contributed by atoms with van der Waals surface area (Å²) in [5.41, 5.74) is -0.967. The molecule has 6 nitrogen and oxygen atoms in total. The van der Waals surface area contributed by atoms with Gasteiger partial charge in [-0.2, -0.15) is 4.99 Å². The minimum atomic E-state index is -0.511. The number of nitrogens with zero attached hydrogens (tertiary/aromatic N) is 2. The zero-order valence-electron chi connectivity index (χ0n) is 11.6. The van der Waals surface area contributed by atoms with E-state index in [1.807, 2.05) is 20.8 Å². The molecular formula is C13H20N2O4. The zero-order valence-corrected chi connectivity index (χ0v) is 11.6. The SMILES string of the molecule is CC(C)(C)OC(=O)N1CCOC(C2(N=C=O)CC2)C1. The van der Waals surface area contributed by atoms with Crippen LogP contribution in [-0.4, -0.2) is 54.0 Å². The van der Waals surface area contributed by atoms with E-state index in [0.717, 1.165) is 12.8 Å². The normalized spacial score (nSPS) is 25.4. The molecule has 0 aromatic rings. The van der Waals surface area contributed by atoms with Gasteiger partial charge in [0.25, 0.3) is 0 Å². The predicted molar refractivity (Wildman–Crippen MR) is 67.6 cm³/mol. The van der Waals surface area contributed by atoms with Gasteiger partial charge in [0.15, 0.2) is 0 Å². The van der Waals surface area contributed by atoms with Crippen molar-refractivity contribution in [1.29, 1.82) is 0 Å². The summed E-state index contributed by atoms with van der Waals surface area (Å²) in [5.74, 6) is 0. The molecule has 0 radical (unpaired) electrons. The number of carbonyl (C=O) groups is 1. The highest BCUT2D eigenvalue weighted by Gasteiger charge is 2.52. The molecule has 19 heavy (non-hydrogen) atoms. The average Bonchev–Trinajstić information content (AvgIpc) is 3.09. The lowest BCUT2D eigenvalue weighted by atomic mass is 10.1. The summed E-state index contributed by atoms with van der Waals surface area (Å²) >= 11 is 0. The van der Waals surface area contributed by atoms with E-state index in [0.29, 0.717) is 19.7 Å². The monoisotopic (exact) mass is 268 g/mol. The van der Waals surface area contributed by atoms with Crippen LogP contribution in [0.5, 0.6) is 0 Å². The van der Waals surface area contributed by atoms with Crippen molar-refractivity contribution in [3.63, 3.8) is 0 Å². The van der Waals surface area contributed by atoms with E-state index in [2.05, 4.69) is 4.99 Å². The summed E-state index contributed by atoms with van der Waals surface area (Å²) < 4.78 is 11.0. The zero-order chi connectivity index (χ0) is 14.1. The summed E-state index contributed by atoms with van der Waals surface area (Å²) in [7, 11) is 0. The van der Waals surface area contributed by atoms with Crippen LogP contribution in [0.2, 0.25) is 0 Å². The van der Waals surface area contributed by atoms with Crippen molar-refractivity contribution in [2.24, 2.45) is 4.99 Å². The predicted octanol–water partition coefficient (Wildman–Crippen LogP) is 1.49. The lowest BCUT2D eigenvalue weighted by Gasteiger charge is -2.36. The Balaban J connectivity index is 1.98. The third kappa shape index (κ3) is 3.33. The molecule has 2 aliphatic rings. The van der Waals surface area contributed by atoms with Gasteiger partial charge in [0.2, 0.25) is 6.08 Å². The smallest absolute Gasteiger partial charge is 0.410 e. The topological polar surface area (TPSA) is 68.2 Å². The molecule has 0 spiro atoms. The first-order chi connectivity index (χ1) is 8.86. The van der Waals surface area contributed by atoms with Crippen molar-refractivity contribution in [2.75, 3.05) is 19.7 Å². The molecule has 0 N–H and O–H groups in total. The second kappa shape index (κ2) is 4.94. The first-order valence-electron chi connectivity index (χ1n) is 6.55. The highest BCUT2D eigenvalue weighted by atomic mass is 16.6. The first-order valence-corrected chi connectivity index (χ1v) is 6.55. The quantitative estimate of drug-likeness (QED) is 0.562. The maximum atomic E-state index is 12.0. The molecular weight excluding hydrogens is 248 g/mol. The highest BCUT2D eigenvalue weighted by molar-refractivity contribution is 5.68. The average molecular weight is 268 g/mol. The van der Waals surface area contributed by atoms with Gasteiger partial charge in [-0.3, -0.25) is 0 Å². The van der Waals surface area contributed by atoms with Crippen LogP contribution in [0.4, 0.5) is 4.79 Å². The van der Waals surface area contributed by atoms with E-state index >= 15 is 0 Å². The third-order valence-corrected chi connectivity index (χ3v) is 3.35. The molecule has 2 fully saturated rings. The maximum Gasteiger partial charge on any atom is 0.410 e. The Labute approximate surface area is 112 Å². The molecule has 1 aliphatic carbocycles. The van der Waals surface area contributed by atoms with Gasteiger partial charge >= 0.3 is 6.09 Å². The Kier molecular flexibility index (Phi) is 3.65. The summed E-state index contributed by atoms with van der Waals surface area (Å²) in [6.45, 7) is 6.87. The van der Waals surface area contributed by atoms with Gasteiger partial charge < -0.3 is 14.4 Å². The van der Waals surface area contributed by atoms with E-state index in [4.69, 9.17) is 9.47 Å². The number of aliphatic imine (C=N–C) groups is 1. The van der Waals surface area contributed by atoms with E-state index in [1.165, 1.54) is 0 Å². The Hall–Kier alpha value is -1.39. The Morgan fingerprint density at radius 2 is 2.16 bits per heavy atom. The molecule has 1 saturated carbocycles. The number of ether oxygens (including phenoxy) is 2. The van der Waals surface area contributed by atoms with Crippen LogP contribution in [0, 0.1) is 0 Å². The number of rotatable bonds is 2. The number of hydrogen-bond donors (Lipinski definition) is 0. The summed E-state index contributed by atoms with van der Waals surface area (Å²) in [5, 5.41) is 0. The van der Waals surface area contributed by atoms with Crippen molar-refractivity contribution in [2.45, 2.75) is 50.9 Å². The van der Waals surface area contributed by atoms with E-state index < -0.39 is 11.1 Å². The molecule has 0 aromatic heterocycles. The van der Waals surface area contributed by atoms with Gasteiger partial charge in [0, 0.05) is 6.54 Å². The van der Waals surface area contributed by atoms with Crippen molar-refractivity contribution in [1.82, 2.24) is 4.90 Å². The summed E-state index contributed by atoms with van der Waals surface area (Å²) in [6.07, 6.45) is 2.67. The van der Waals surface area contributed by atoms with Gasteiger partial charge in [-0.05, 0) is 33.6 Å². The van der Waals surface area contributed by atoms with Crippen molar-refractivity contribution in [3.05, 3.63) is 0 Å². The van der Waals surface area contributed by atoms with Crippen LogP contribution >= 0.6 is 0 Å². The fourth-order valence-electron chi connectivity index (χ4n) is 2.19. The Morgan fingerprint density at radius 3 is 2.68 bits per heavy atom. The van der Waals surface area contributed by atoms with Crippen LogP contribution < -0.4 is 0 Å². The lowest BCUT2D eigenvalue weighted by Crippen LogP contribution is -2.51. The molecule has 6 heteroatoms. The molecule has 1 aliphatic heterocycles. The molecule has 1 unspecified atom stereocenters. The third-order valence-electron chi connectivity index (χ3n) is 3.35. The van der Waals surface area contributed by atoms with Crippen molar-refractivity contribution >= 4 is 12.2 Å². The Bertz CT molecular complexity index is 405. The van der Waals surface area contributed by atoms with Gasteiger partial charge in [0.1, 0.15) is 17.2 Å². The minimum Gasteiger partial charge on any atom is -0.444 e. The highest BCUT2D eigenvalue weighted by Crippen LogP contribution is 2.44. The van der Waals surface area contributed by atoms with Crippen LogP contribution in [0.1, 0.15) is 33.6 Å². The van der Waals surface area contributed by atoms with E-state index in [9.17, 15) is 9.59 Å². The molecule has 1 saturated heterocycles. The van der Waals surface area contributed by atoms with Crippen molar-refractivity contribution < 1.29 is 19.1 Å². The lowest BCUT2D eigenvalue weighted by molar-refractivity contribution is -0.0538. The first kappa shape index (κ1) is 14.0. The molecule has 106 valence electrons. The van der Waals surface area contributed by atoms with Gasteiger partial charge in [0.05, 0.1) is 13.2 Å². The molecule has 1 atom stereocenters. The summed E-state index contributed by atoms with van der Waals surface area (Å²) in [4.78, 5) is 27.9. The number of isocyanates is 1. The fraction of sp³-hybridized carbons (Fsp3) is 0.846. The van der Waals surface area contributed by atoms with Gasteiger partial charge in [-0.1, -0.05) is 0 Å². The van der Waals surface area contributed by atoms with E-state index in [-0.39, 0.29) is 12.2 Å². The van der Waals surface area contributed by atoms with Gasteiger partial charge in [-0.15, -0.1) is 0 Å². The molecule has 0 aromatic carbocycles. The number of amides is 1.